The minimum atomic E-state index is 0.504. The smallest absolute Gasteiger partial charge is 0.191 e. The van der Waals surface area contributed by atoms with Crippen molar-refractivity contribution in [3.63, 3.8) is 0 Å². The molecule has 0 aliphatic rings. The maximum absolute atomic E-state index is 6.32. The molecule has 1 aromatic carbocycles. The number of halogens is 1. The van der Waals surface area contributed by atoms with E-state index in [2.05, 4.69) is 28.6 Å². The fraction of sp³-hybridized carbons (Fsp3) is 0.500. The van der Waals surface area contributed by atoms with Crippen LogP contribution in [0.25, 0.3) is 11.4 Å². The summed E-state index contributed by atoms with van der Waals surface area (Å²) < 4.78 is 7.31. The van der Waals surface area contributed by atoms with Crippen molar-refractivity contribution in [3.05, 3.63) is 29.3 Å². The number of benzene rings is 1. The largest absolute Gasteiger partial charge is 0.385 e. The molecule has 120 valence electrons. The second-order valence-electron chi connectivity index (χ2n) is 5.12. The normalized spacial score (nSPS) is 12.5. The van der Waals surface area contributed by atoms with Crippen molar-refractivity contribution >= 4 is 23.4 Å². The molecular weight excluding hydrogens is 318 g/mol. The van der Waals surface area contributed by atoms with Gasteiger partial charge in [-0.1, -0.05) is 49.3 Å². The highest BCUT2D eigenvalue weighted by Crippen LogP contribution is 2.31. The van der Waals surface area contributed by atoms with Crippen LogP contribution in [0, 0.1) is 0 Å². The number of aromatic nitrogens is 3. The fourth-order valence-electron chi connectivity index (χ4n) is 2.05. The number of methoxy groups -OCH3 is 1. The highest BCUT2D eigenvalue weighted by molar-refractivity contribution is 7.99. The molecule has 0 saturated heterocycles. The summed E-state index contributed by atoms with van der Waals surface area (Å²) in [6, 6.07) is 7.76. The van der Waals surface area contributed by atoms with Gasteiger partial charge in [-0.25, -0.2) is 0 Å². The van der Waals surface area contributed by atoms with Crippen LogP contribution in [0.4, 0.5) is 0 Å². The quantitative estimate of drug-likeness (QED) is 0.523. The summed E-state index contributed by atoms with van der Waals surface area (Å²) in [6.07, 6.45) is 2.01. The predicted molar refractivity (Wildman–Crippen MR) is 92.6 cm³/mol. The van der Waals surface area contributed by atoms with Crippen LogP contribution < -0.4 is 0 Å². The lowest BCUT2D eigenvalue weighted by Gasteiger charge is -2.12. The van der Waals surface area contributed by atoms with Crippen LogP contribution in [-0.2, 0) is 11.3 Å². The maximum Gasteiger partial charge on any atom is 0.191 e. The molecule has 1 aromatic heterocycles. The highest BCUT2D eigenvalue weighted by atomic mass is 35.5. The van der Waals surface area contributed by atoms with E-state index in [1.54, 1.807) is 18.9 Å². The van der Waals surface area contributed by atoms with Gasteiger partial charge in [-0.15, -0.1) is 10.2 Å². The van der Waals surface area contributed by atoms with Gasteiger partial charge < -0.3 is 9.30 Å². The number of rotatable bonds is 8. The van der Waals surface area contributed by atoms with E-state index in [1.807, 2.05) is 24.3 Å². The second kappa shape index (κ2) is 8.56. The molecule has 0 aliphatic heterocycles. The van der Waals surface area contributed by atoms with Gasteiger partial charge in [-0.3, -0.25) is 0 Å². The third-order valence-electron chi connectivity index (χ3n) is 3.44. The average molecular weight is 340 g/mol. The van der Waals surface area contributed by atoms with E-state index in [0.29, 0.717) is 16.9 Å². The van der Waals surface area contributed by atoms with Crippen LogP contribution in [0.3, 0.4) is 0 Å². The molecule has 1 atom stereocenters. The average Bonchev–Trinajstić information content (AvgIpc) is 2.90. The first-order chi connectivity index (χ1) is 10.7. The molecule has 0 saturated carbocycles. The zero-order chi connectivity index (χ0) is 15.9. The Balaban J connectivity index is 2.34. The van der Waals surface area contributed by atoms with Crippen LogP contribution in [0.2, 0.25) is 5.02 Å². The summed E-state index contributed by atoms with van der Waals surface area (Å²) in [5, 5.41) is 10.9. The first-order valence-electron chi connectivity index (χ1n) is 7.51. The molecule has 1 unspecified atom stereocenters. The SMILES string of the molecule is CCC(C)Sc1nnc(-c2ccccc2Cl)n1CCCOC. The van der Waals surface area contributed by atoms with Crippen molar-refractivity contribution in [2.24, 2.45) is 0 Å². The molecule has 0 fully saturated rings. The molecule has 2 aromatic rings. The summed E-state index contributed by atoms with van der Waals surface area (Å²) in [5.41, 5.74) is 0.921. The first kappa shape index (κ1) is 17.3. The molecule has 22 heavy (non-hydrogen) atoms. The molecule has 2 rings (SSSR count). The van der Waals surface area contributed by atoms with Gasteiger partial charge in [0.25, 0.3) is 0 Å². The summed E-state index contributed by atoms with van der Waals surface area (Å²) in [5.74, 6) is 0.826. The molecule has 4 nitrogen and oxygen atoms in total. The summed E-state index contributed by atoms with van der Waals surface area (Å²) in [4.78, 5) is 0. The van der Waals surface area contributed by atoms with Crippen LogP contribution in [0.1, 0.15) is 26.7 Å². The van der Waals surface area contributed by atoms with Gasteiger partial charge in [0, 0.05) is 31.1 Å². The Labute approximate surface area is 141 Å². The molecule has 1 heterocycles. The first-order valence-corrected chi connectivity index (χ1v) is 8.76. The highest BCUT2D eigenvalue weighted by Gasteiger charge is 2.17. The Morgan fingerprint density at radius 1 is 1.32 bits per heavy atom. The van der Waals surface area contributed by atoms with Crippen LogP contribution in [0.5, 0.6) is 0 Å². The molecular formula is C16H22ClN3OS. The lowest BCUT2D eigenvalue weighted by Crippen LogP contribution is -2.07. The Bertz CT molecular complexity index is 603. The number of nitrogens with zero attached hydrogens (tertiary/aromatic N) is 3. The Morgan fingerprint density at radius 3 is 2.77 bits per heavy atom. The predicted octanol–water partition coefficient (Wildman–Crippen LogP) is 4.53. The number of ether oxygens (including phenoxy) is 1. The Kier molecular flexibility index (Phi) is 6.73. The van der Waals surface area contributed by atoms with Crippen LogP contribution >= 0.6 is 23.4 Å². The van der Waals surface area contributed by atoms with Crippen molar-refractivity contribution < 1.29 is 4.74 Å². The minimum Gasteiger partial charge on any atom is -0.385 e. The monoisotopic (exact) mass is 339 g/mol. The summed E-state index contributed by atoms with van der Waals surface area (Å²) in [7, 11) is 1.72. The van der Waals surface area contributed by atoms with E-state index in [1.165, 1.54) is 0 Å². The van der Waals surface area contributed by atoms with Gasteiger partial charge in [0.2, 0.25) is 0 Å². The second-order valence-corrected chi connectivity index (χ2v) is 6.93. The standard InChI is InChI=1S/C16H22ClN3OS/c1-4-12(2)22-16-19-18-15(20(16)10-7-11-21-3)13-8-5-6-9-14(13)17/h5-6,8-9,12H,4,7,10-11H2,1-3H3. The molecule has 0 N–H and O–H groups in total. The Hall–Kier alpha value is -1.04. The molecule has 0 bridgehead atoms. The summed E-state index contributed by atoms with van der Waals surface area (Å²) in [6.45, 7) is 5.92. The van der Waals surface area contributed by atoms with Gasteiger partial charge in [0.05, 0.1) is 5.02 Å². The van der Waals surface area contributed by atoms with Crippen LogP contribution in [0.15, 0.2) is 29.4 Å². The Morgan fingerprint density at radius 2 is 2.09 bits per heavy atom. The lowest BCUT2D eigenvalue weighted by molar-refractivity contribution is 0.189. The van der Waals surface area contributed by atoms with E-state index >= 15 is 0 Å². The van der Waals surface area contributed by atoms with Gasteiger partial charge in [0.15, 0.2) is 11.0 Å². The zero-order valence-electron chi connectivity index (χ0n) is 13.3. The molecule has 0 spiro atoms. The van der Waals surface area contributed by atoms with Gasteiger partial charge in [-0.05, 0) is 25.0 Å². The molecule has 0 radical (unpaired) electrons. The van der Waals surface area contributed by atoms with Crippen LogP contribution in [-0.4, -0.2) is 33.7 Å². The van der Waals surface area contributed by atoms with E-state index in [4.69, 9.17) is 16.3 Å². The van der Waals surface area contributed by atoms with Gasteiger partial charge in [-0.2, -0.15) is 0 Å². The molecule has 6 heteroatoms. The van der Waals surface area contributed by atoms with E-state index in [-0.39, 0.29) is 0 Å². The van der Waals surface area contributed by atoms with Gasteiger partial charge in [0.1, 0.15) is 0 Å². The zero-order valence-corrected chi connectivity index (χ0v) is 14.8. The number of thioether (sulfide) groups is 1. The lowest BCUT2D eigenvalue weighted by atomic mass is 10.2. The van der Waals surface area contributed by atoms with Crippen molar-refractivity contribution in [1.82, 2.24) is 14.8 Å². The van der Waals surface area contributed by atoms with Crippen molar-refractivity contribution in [3.8, 4) is 11.4 Å². The van der Waals surface area contributed by atoms with E-state index in [9.17, 15) is 0 Å². The van der Waals surface area contributed by atoms with E-state index < -0.39 is 0 Å². The topological polar surface area (TPSA) is 39.9 Å². The number of hydrogen-bond acceptors (Lipinski definition) is 4. The molecule has 0 amide bonds. The van der Waals surface area contributed by atoms with Crippen molar-refractivity contribution in [2.45, 2.75) is 43.6 Å². The number of hydrogen-bond donors (Lipinski definition) is 0. The van der Waals surface area contributed by atoms with Crippen molar-refractivity contribution in [1.29, 1.82) is 0 Å². The summed E-state index contributed by atoms with van der Waals surface area (Å²) >= 11 is 8.08. The fourth-order valence-corrected chi connectivity index (χ4v) is 3.19. The third kappa shape index (κ3) is 4.24. The van der Waals surface area contributed by atoms with Crippen molar-refractivity contribution in [2.75, 3.05) is 13.7 Å². The maximum atomic E-state index is 6.32. The van der Waals surface area contributed by atoms with Gasteiger partial charge >= 0.3 is 0 Å². The molecule has 0 aliphatic carbocycles. The third-order valence-corrected chi connectivity index (χ3v) is 5.02. The van der Waals surface area contributed by atoms with E-state index in [0.717, 1.165) is 35.9 Å². The minimum absolute atomic E-state index is 0.504.